The van der Waals surface area contributed by atoms with Crippen LogP contribution in [-0.4, -0.2) is 20.1 Å². The Balaban J connectivity index is 2.05. The molecule has 0 spiro atoms. The van der Waals surface area contributed by atoms with Gasteiger partial charge in [-0.25, -0.2) is 4.79 Å². The number of hydrogen-bond donors (Lipinski definition) is 0. The van der Waals surface area contributed by atoms with Gasteiger partial charge in [0.25, 0.3) is 0 Å². The third-order valence-corrected chi connectivity index (χ3v) is 4.24. The molecule has 3 rings (SSSR count). The zero-order valence-electron chi connectivity index (χ0n) is 11.8. The summed E-state index contributed by atoms with van der Waals surface area (Å²) in [7, 11) is 4.00. The number of carbonyl (C=O) groups excluding carboxylic acids is 1. The number of halogens is 1. The first-order valence-electron chi connectivity index (χ1n) is 6.57. The van der Waals surface area contributed by atoms with E-state index in [1.165, 1.54) is 0 Å². The highest BCUT2D eigenvalue weighted by atomic mass is 79.9. The monoisotopic (exact) mass is 343 g/mol. The average molecular weight is 344 g/mol. The fourth-order valence-electron chi connectivity index (χ4n) is 2.26. The lowest BCUT2D eigenvalue weighted by molar-refractivity contribution is 0.0717. The van der Waals surface area contributed by atoms with Gasteiger partial charge in [-0.3, -0.25) is 0 Å². The lowest BCUT2D eigenvalue weighted by Crippen LogP contribution is -2.08. The van der Waals surface area contributed by atoms with Crippen LogP contribution in [0.15, 0.2) is 48.5 Å². The molecule has 0 saturated carbocycles. The molecule has 3 nitrogen and oxygen atoms in total. The second-order valence-electron chi connectivity index (χ2n) is 5.02. The summed E-state index contributed by atoms with van der Waals surface area (Å²) in [6.45, 7) is 0. The minimum atomic E-state index is -0.303. The van der Waals surface area contributed by atoms with Gasteiger partial charge in [-0.1, -0.05) is 30.3 Å². The summed E-state index contributed by atoms with van der Waals surface area (Å²) in [6, 6.07) is 15.5. The molecule has 4 heteroatoms. The van der Waals surface area contributed by atoms with Gasteiger partial charge in [0.15, 0.2) is 5.76 Å². The van der Waals surface area contributed by atoms with E-state index in [0.29, 0.717) is 11.3 Å². The van der Waals surface area contributed by atoms with Gasteiger partial charge >= 0.3 is 5.97 Å². The lowest BCUT2D eigenvalue weighted by Gasteiger charge is -2.13. The van der Waals surface area contributed by atoms with Crippen molar-refractivity contribution < 1.29 is 9.53 Å². The topological polar surface area (TPSA) is 29.5 Å². The molecule has 1 aliphatic heterocycles. The van der Waals surface area contributed by atoms with Gasteiger partial charge in [-0.2, -0.15) is 0 Å². The Labute approximate surface area is 132 Å². The maximum atomic E-state index is 11.9. The van der Waals surface area contributed by atoms with Crippen molar-refractivity contribution in [3.05, 3.63) is 65.2 Å². The highest BCUT2D eigenvalue weighted by Crippen LogP contribution is 2.38. The molecule has 0 bridgehead atoms. The predicted octanol–water partition coefficient (Wildman–Crippen LogP) is 4.14. The molecule has 0 fully saturated rings. The largest absolute Gasteiger partial charge is 0.421 e. The molecule has 0 radical (unpaired) electrons. The van der Waals surface area contributed by atoms with E-state index in [9.17, 15) is 4.79 Å². The van der Waals surface area contributed by atoms with Gasteiger partial charge < -0.3 is 9.64 Å². The predicted molar refractivity (Wildman–Crippen MR) is 88.4 cm³/mol. The summed E-state index contributed by atoms with van der Waals surface area (Å²) in [5.74, 6) is 0.274. The van der Waals surface area contributed by atoms with Crippen LogP contribution in [0.1, 0.15) is 21.5 Å². The van der Waals surface area contributed by atoms with Crippen molar-refractivity contribution in [1.82, 2.24) is 0 Å². The first kappa shape index (κ1) is 13.9. The molecule has 0 aliphatic carbocycles. The standard InChI is InChI=1S/C17H14BrNO2/c1-19(2)12-9-7-11(8-10-12)15(18)16-13-5-3-4-6-14(13)17(20)21-16/h3-10H,1-2H3/b16-15+. The quantitative estimate of drug-likeness (QED) is 0.767. The third kappa shape index (κ3) is 2.47. The van der Waals surface area contributed by atoms with Crippen LogP contribution in [0, 0.1) is 0 Å². The molecule has 2 aromatic rings. The number of rotatable bonds is 2. The van der Waals surface area contributed by atoms with E-state index in [-0.39, 0.29) is 5.97 Å². The summed E-state index contributed by atoms with van der Waals surface area (Å²) < 4.78 is 6.19. The minimum absolute atomic E-state index is 0.303. The smallest absolute Gasteiger partial charge is 0.344 e. The summed E-state index contributed by atoms with van der Waals surface area (Å²) in [4.78, 5) is 13.9. The molecule has 21 heavy (non-hydrogen) atoms. The molecule has 0 atom stereocenters. The molecular weight excluding hydrogens is 330 g/mol. The molecule has 0 amide bonds. The van der Waals surface area contributed by atoms with E-state index in [1.807, 2.05) is 61.5 Å². The van der Waals surface area contributed by atoms with Crippen LogP contribution < -0.4 is 4.90 Å². The first-order valence-corrected chi connectivity index (χ1v) is 7.36. The molecule has 1 aliphatic rings. The highest BCUT2D eigenvalue weighted by Gasteiger charge is 2.28. The number of esters is 1. The average Bonchev–Trinajstić information content (AvgIpc) is 2.84. The molecule has 0 N–H and O–H groups in total. The number of anilines is 1. The first-order chi connectivity index (χ1) is 10.1. The van der Waals surface area contributed by atoms with Crippen LogP contribution in [-0.2, 0) is 4.74 Å². The van der Waals surface area contributed by atoms with Crippen LogP contribution in [0.5, 0.6) is 0 Å². The maximum Gasteiger partial charge on any atom is 0.344 e. The number of ether oxygens (including phenoxy) is 1. The normalized spacial score (nSPS) is 15.5. The molecular formula is C17H14BrNO2. The van der Waals surface area contributed by atoms with E-state index in [0.717, 1.165) is 21.3 Å². The summed E-state index contributed by atoms with van der Waals surface area (Å²) in [6.07, 6.45) is 0. The van der Waals surface area contributed by atoms with Gasteiger partial charge in [0.1, 0.15) is 0 Å². The Morgan fingerprint density at radius 1 is 1.00 bits per heavy atom. The minimum Gasteiger partial charge on any atom is -0.421 e. The number of carbonyl (C=O) groups is 1. The van der Waals surface area contributed by atoms with Gasteiger partial charge in [0.2, 0.25) is 0 Å². The number of cyclic esters (lactones) is 1. The number of fused-ring (bicyclic) bond motifs is 1. The summed E-state index contributed by atoms with van der Waals surface area (Å²) in [5, 5.41) is 0. The molecule has 1 heterocycles. The van der Waals surface area contributed by atoms with Crippen LogP contribution in [0.2, 0.25) is 0 Å². The van der Waals surface area contributed by atoms with E-state index in [4.69, 9.17) is 4.74 Å². The molecule has 0 unspecified atom stereocenters. The molecule has 0 aromatic heterocycles. The Morgan fingerprint density at radius 2 is 1.62 bits per heavy atom. The van der Waals surface area contributed by atoms with Crippen molar-refractivity contribution >= 4 is 37.8 Å². The lowest BCUT2D eigenvalue weighted by atomic mass is 10.1. The van der Waals surface area contributed by atoms with Gasteiger partial charge in [0.05, 0.1) is 10.0 Å². The second-order valence-corrected chi connectivity index (χ2v) is 5.81. The van der Waals surface area contributed by atoms with Crippen molar-refractivity contribution in [3.63, 3.8) is 0 Å². The molecule has 106 valence electrons. The maximum absolute atomic E-state index is 11.9. The Kier molecular flexibility index (Phi) is 3.55. The zero-order valence-corrected chi connectivity index (χ0v) is 13.3. The van der Waals surface area contributed by atoms with Crippen LogP contribution in [0.3, 0.4) is 0 Å². The van der Waals surface area contributed by atoms with Gasteiger partial charge in [-0.05, 0) is 39.7 Å². The SMILES string of the molecule is CN(C)c1ccc(/C(Br)=C2\OC(=O)c3ccccc32)cc1. The second kappa shape index (κ2) is 5.37. The van der Waals surface area contributed by atoms with Crippen molar-refractivity contribution in [2.75, 3.05) is 19.0 Å². The third-order valence-electron chi connectivity index (χ3n) is 3.42. The van der Waals surface area contributed by atoms with E-state index < -0.39 is 0 Å². The Bertz CT molecular complexity index is 733. The molecule has 2 aromatic carbocycles. The van der Waals surface area contributed by atoms with E-state index >= 15 is 0 Å². The Hall–Kier alpha value is -2.07. The zero-order chi connectivity index (χ0) is 15.0. The summed E-state index contributed by atoms with van der Waals surface area (Å²) in [5.41, 5.74) is 3.52. The van der Waals surface area contributed by atoms with Crippen LogP contribution in [0.25, 0.3) is 10.2 Å². The van der Waals surface area contributed by atoms with Gasteiger partial charge in [0, 0.05) is 25.3 Å². The van der Waals surface area contributed by atoms with Crippen molar-refractivity contribution in [2.24, 2.45) is 0 Å². The number of benzene rings is 2. The van der Waals surface area contributed by atoms with Crippen LogP contribution >= 0.6 is 15.9 Å². The van der Waals surface area contributed by atoms with Crippen LogP contribution in [0.4, 0.5) is 5.69 Å². The van der Waals surface area contributed by atoms with E-state index in [1.54, 1.807) is 6.07 Å². The number of nitrogens with zero attached hydrogens (tertiary/aromatic N) is 1. The Morgan fingerprint density at radius 3 is 2.24 bits per heavy atom. The fraction of sp³-hybridized carbons (Fsp3) is 0.118. The van der Waals surface area contributed by atoms with Crippen molar-refractivity contribution in [1.29, 1.82) is 0 Å². The van der Waals surface area contributed by atoms with Crippen molar-refractivity contribution in [3.8, 4) is 0 Å². The molecule has 0 saturated heterocycles. The fourth-order valence-corrected chi connectivity index (χ4v) is 2.82. The number of hydrogen-bond acceptors (Lipinski definition) is 3. The van der Waals surface area contributed by atoms with E-state index in [2.05, 4.69) is 15.9 Å². The van der Waals surface area contributed by atoms with Crippen molar-refractivity contribution in [2.45, 2.75) is 0 Å². The van der Waals surface area contributed by atoms with Gasteiger partial charge in [-0.15, -0.1) is 0 Å². The highest BCUT2D eigenvalue weighted by molar-refractivity contribution is 9.15. The summed E-state index contributed by atoms with van der Waals surface area (Å²) >= 11 is 3.56.